The van der Waals surface area contributed by atoms with Gasteiger partial charge in [0.1, 0.15) is 0 Å². The number of para-hydroxylation sites is 2. The van der Waals surface area contributed by atoms with E-state index in [9.17, 15) is 8.42 Å². The van der Waals surface area contributed by atoms with Crippen LogP contribution < -0.4 is 4.90 Å². The number of hydrogen-bond donors (Lipinski definition) is 1. The van der Waals surface area contributed by atoms with E-state index in [2.05, 4.69) is 77.7 Å². The van der Waals surface area contributed by atoms with Crippen LogP contribution in [-0.2, 0) is 14.9 Å². The van der Waals surface area contributed by atoms with Gasteiger partial charge in [-0.2, -0.15) is 8.42 Å². The Labute approximate surface area is 209 Å². The number of thioether (sulfide) groups is 2. The average Bonchev–Trinajstić information content (AvgIpc) is 3.26. The maximum absolute atomic E-state index is 10.8. The fourth-order valence-electron chi connectivity index (χ4n) is 4.29. The molecule has 0 saturated heterocycles. The molecule has 8 heteroatoms. The molecule has 2 aliphatic rings. The van der Waals surface area contributed by atoms with Crippen molar-refractivity contribution in [3.05, 3.63) is 88.2 Å². The second-order valence-electron chi connectivity index (χ2n) is 8.10. The number of anilines is 2. The lowest BCUT2D eigenvalue weighted by Crippen LogP contribution is -2.25. The second-order valence-corrected chi connectivity index (χ2v) is 12.0. The van der Waals surface area contributed by atoms with Gasteiger partial charge < -0.3 is 9.64 Å². The van der Waals surface area contributed by atoms with Gasteiger partial charge in [0.05, 0.1) is 9.99 Å². The average molecular weight is 512 g/mol. The summed E-state index contributed by atoms with van der Waals surface area (Å²) in [6.45, 7) is 1.63. The van der Waals surface area contributed by atoms with Crippen molar-refractivity contribution < 1.29 is 17.7 Å². The molecule has 2 aliphatic heterocycles. The molecule has 0 aliphatic carbocycles. The minimum absolute atomic E-state index is 0.267. The molecule has 0 aromatic heterocycles. The van der Waals surface area contributed by atoms with Crippen LogP contribution in [0, 0.1) is 0 Å². The van der Waals surface area contributed by atoms with Crippen LogP contribution >= 0.6 is 23.5 Å². The molecule has 176 valence electrons. The van der Waals surface area contributed by atoms with E-state index < -0.39 is 10.1 Å². The molecule has 1 N–H and O–H groups in total. The van der Waals surface area contributed by atoms with Gasteiger partial charge in [-0.3, -0.25) is 4.55 Å². The van der Waals surface area contributed by atoms with Crippen molar-refractivity contribution in [1.82, 2.24) is 0 Å². The van der Waals surface area contributed by atoms with E-state index in [-0.39, 0.29) is 5.75 Å². The van der Waals surface area contributed by atoms with Gasteiger partial charge in [0.2, 0.25) is 0 Å². The summed E-state index contributed by atoms with van der Waals surface area (Å²) in [7, 11) is -3.93. The molecule has 3 aromatic carbocycles. The van der Waals surface area contributed by atoms with Crippen LogP contribution in [0.4, 0.5) is 11.4 Å². The van der Waals surface area contributed by atoms with E-state index >= 15 is 0 Å². The topological polar surface area (TPSA) is 66.8 Å². The highest BCUT2D eigenvalue weighted by Gasteiger charge is 2.30. The number of rotatable bonds is 8. The Morgan fingerprint density at radius 3 is 1.88 bits per heavy atom. The molecule has 0 spiro atoms. The molecule has 0 saturated carbocycles. The summed E-state index contributed by atoms with van der Waals surface area (Å²) in [5, 5.41) is 0. The molecule has 0 radical (unpaired) electrons. The Morgan fingerprint density at radius 1 is 0.765 bits per heavy atom. The summed E-state index contributed by atoms with van der Waals surface area (Å²) in [4.78, 5) is 4.96. The lowest BCUT2D eigenvalue weighted by atomic mass is 9.91. The van der Waals surface area contributed by atoms with E-state index in [0.29, 0.717) is 19.6 Å². The molecule has 5 nitrogen and oxygen atoms in total. The number of benzene rings is 3. The van der Waals surface area contributed by atoms with E-state index in [1.165, 1.54) is 42.1 Å². The van der Waals surface area contributed by atoms with Crippen molar-refractivity contribution in [2.45, 2.75) is 22.6 Å². The maximum Gasteiger partial charge on any atom is 0.264 e. The van der Waals surface area contributed by atoms with Gasteiger partial charge in [0, 0.05) is 57.6 Å². The van der Waals surface area contributed by atoms with E-state index in [1.54, 1.807) is 0 Å². The van der Waals surface area contributed by atoms with Gasteiger partial charge in [-0.1, -0.05) is 72.1 Å². The SMILES string of the molecule is O=S(=O)(O)CCCOCCCN1c2ccccc2C(=C2Sc3ccccc3S2)c2ccccc21. The van der Waals surface area contributed by atoms with Crippen molar-refractivity contribution in [2.24, 2.45) is 0 Å². The van der Waals surface area contributed by atoms with Crippen molar-refractivity contribution >= 4 is 50.6 Å². The number of nitrogens with zero attached hydrogens (tertiary/aromatic N) is 1. The largest absolute Gasteiger partial charge is 0.381 e. The molecule has 0 bridgehead atoms. The standard InChI is InChI=1S/C26H25NO4S3/c28-34(29,30)18-8-17-31-16-7-15-27-21-11-3-1-9-19(21)25(20-10-2-4-12-22(20)27)26-32-23-13-5-6-14-24(23)33-26/h1-6,9-14H,7-8,15-18H2,(H,28,29,30). The Balaban J connectivity index is 1.38. The van der Waals surface area contributed by atoms with Crippen LogP contribution in [0.25, 0.3) is 5.57 Å². The third kappa shape index (κ3) is 5.06. The first-order chi connectivity index (χ1) is 16.5. The van der Waals surface area contributed by atoms with Crippen LogP contribution in [0.15, 0.2) is 86.8 Å². The third-order valence-electron chi connectivity index (χ3n) is 5.75. The van der Waals surface area contributed by atoms with Crippen molar-refractivity contribution in [3.63, 3.8) is 0 Å². The van der Waals surface area contributed by atoms with Gasteiger partial charge >= 0.3 is 0 Å². The lowest BCUT2D eigenvalue weighted by Gasteiger charge is -2.35. The van der Waals surface area contributed by atoms with Gasteiger partial charge in [0.15, 0.2) is 0 Å². The summed E-state index contributed by atoms with van der Waals surface area (Å²) in [6.07, 6.45) is 1.10. The van der Waals surface area contributed by atoms with Crippen molar-refractivity contribution in [1.29, 1.82) is 0 Å². The summed E-state index contributed by atoms with van der Waals surface area (Å²) in [6, 6.07) is 25.7. The number of hydrogen-bond acceptors (Lipinski definition) is 6. The summed E-state index contributed by atoms with van der Waals surface area (Å²) in [5.74, 6) is -0.267. The van der Waals surface area contributed by atoms with E-state index in [4.69, 9.17) is 9.29 Å². The fourth-order valence-corrected chi connectivity index (χ4v) is 7.40. The minimum Gasteiger partial charge on any atom is -0.381 e. The smallest absolute Gasteiger partial charge is 0.264 e. The van der Waals surface area contributed by atoms with Gasteiger partial charge in [-0.05, 0) is 37.1 Å². The van der Waals surface area contributed by atoms with Crippen LogP contribution in [0.1, 0.15) is 24.0 Å². The van der Waals surface area contributed by atoms with E-state index in [1.807, 2.05) is 23.5 Å². The second kappa shape index (κ2) is 10.2. The van der Waals surface area contributed by atoms with Crippen LogP contribution in [0.3, 0.4) is 0 Å². The predicted molar refractivity (Wildman–Crippen MR) is 141 cm³/mol. The monoisotopic (exact) mass is 511 g/mol. The Hall–Kier alpha value is -2.23. The molecule has 0 atom stereocenters. The van der Waals surface area contributed by atoms with Crippen LogP contribution in [-0.4, -0.2) is 38.5 Å². The Kier molecular flexibility index (Phi) is 7.04. The first kappa shape index (κ1) is 23.5. The summed E-state index contributed by atoms with van der Waals surface area (Å²) in [5.41, 5.74) is 6.13. The van der Waals surface area contributed by atoms with Crippen molar-refractivity contribution in [2.75, 3.05) is 30.4 Å². The maximum atomic E-state index is 10.8. The van der Waals surface area contributed by atoms with Gasteiger partial charge in [-0.15, -0.1) is 0 Å². The Morgan fingerprint density at radius 2 is 1.29 bits per heavy atom. The molecule has 34 heavy (non-hydrogen) atoms. The third-order valence-corrected chi connectivity index (χ3v) is 9.11. The van der Waals surface area contributed by atoms with Gasteiger partial charge in [-0.25, -0.2) is 0 Å². The molecule has 0 amide bonds. The molecule has 3 aromatic rings. The zero-order valence-electron chi connectivity index (χ0n) is 18.5. The highest BCUT2D eigenvalue weighted by molar-refractivity contribution is 8.25. The molecular formula is C26H25NO4S3. The van der Waals surface area contributed by atoms with Crippen LogP contribution in [0.2, 0.25) is 0 Å². The summed E-state index contributed by atoms with van der Waals surface area (Å²) < 4.78 is 37.4. The molecule has 0 fully saturated rings. The molecule has 0 unspecified atom stereocenters. The predicted octanol–water partition coefficient (Wildman–Crippen LogP) is 6.44. The van der Waals surface area contributed by atoms with E-state index in [0.717, 1.165) is 13.0 Å². The highest BCUT2D eigenvalue weighted by Crippen LogP contribution is 2.57. The fraction of sp³-hybridized carbons (Fsp3) is 0.231. The Bertz CT molecular complexity index is 1260. The number of fused-ring (bicyclic) bond motifs is 3. The number of ether oxygens (including phenoxy) is 1. The normalized spacial score (nSPS) is 14.7. The zero-order chi connectivity index (χ0) is 23.5. The van der Waals surface area contributed by atoms with Crippen molar-refractivity contribution in [3.8, 4) is 0 Å². The lowest BCUT2D eigenvalue weighted by molar-refractivity contribution is 0.134. The van der Waals surface area contributed by atoms with Crippen LogP contribution in [0.5, 0.6) is 0 Å². The van der Waals surface area contributed by atoms with Gasteiger partial charge in [0.25, 0.3) is 10.1 Å². The first-order valence-corrected chi connectivity index (χ1v) is 14.4. The molecular weight excluding hydrogens is 486 g/mol. The quantitative estimate of drug-likeness (QED) is 0.276. The summed E-state index contributed by atoms with van der Waals surface area (Å²) >= 11 is 3.69. The highest BCUT2D eigenvalue weighted by atomic mass is 32.2. The molecule has 5 rings (SSSR count). The minimum atomic E-state index is -3.93. The first-order valence-electron chi connectivity index (χ1n) is 11.2. The zero-order valence-corrected chi connectivity index (χ0v) is 21.0. The molecule has 2 heterocycles.